The summed E-state index contributed by atoms with van der Waals surface area (Å²) in [7, 11) is 0. The van der Waals surface area contributed by atoms with Gasteiger partial charge in [-0.2, -0.15) is 0 Å². The normalized spacial score (nSPS) is 13.0. The first-order chi connectivity index (χ1) is 26.0. The second kappa shape index (κ2) is 12.1. The van der Waals surface area contributed by atoms with Crippen molar-refractivity contribution >= 4 is 49.4 Å². The topological polar surface area (TPSA) is 3.24 Å². The third-order valence-electron chi connectivity index (χ3n) is 11.6. The number of anilines is 3. The number of fused-ring (bicyclic) bond motifs is 7. The van der Waals surface area contributed by atoms with Crippen molar-refractivity contribution in [3.05, 3.63) is 199 Å². The Morgan fingerprint density at radius 3 is 1.70 bits per heavy atom. The van der Waals surface area contributed by atoms with Gasteiger partial charge in [-0.25, -0.2) is 0 Å². The van der Waals surface area contributed by atoms with Gasteiger partial charge in [0.05, 0.1) is 5.69 Å². The maximum absolute atomic E-state index is 2.47. The smallest absolute Gasteiger partial charge is 0.0546 e. The lowest BCUT2D eigenvalue weighted by Gasteiger charge is -2.29. The van der Waals surface area contributed by atoms with E-state index >= 15 is 0 Å². The van der Waals surface area contributed by atoms with Crippen LogP contribution in [0.4, 0.5) is 17.1 Å². The maximum Gasteiger partial charge on any atom is 0.0546 e. The van der Waals surface area contributed by atoms with Crippen LogP contribution in [0.3, 0.4) is 0 Å². The first-order valence-corrected chi connectivity index (χ1v) is 18.6. The molecular formula is C52H39N. The lowest BCUT2D eigenvalue weighted by atomic mass is 9.82. The summed E-state index contributed by atoms with van der Waals surface area (Å²) in [6.45, 7) is 6.93. The van der Waals surface area contributed by atoms with E-state index in [0.29, 0.717) is 0 Å². The molecule has 0 saturated carbocycles. The SMILES string of the molecule is Cc1ccccc1-c1cc2ccccc2cc1-c1ccc(N(c2ccc3c(c2)C(C)(C)c2ccccc2-3)c2cc3ccccc3c3ccccc23)cc1. The molecule has 0 aromatic heterocycles. The molecule has 9 aromatic carbocycles. The van der Waals surface area contributed by atoms with E-state index in [4.69, 9.17) is 0 Å². The number of nitrogens with zero attached hydrogens (tertiary/aromatic N) is 1. The molecule has 0 amide bonds. The summed E-state index contributed by atoms with van der Waals surface area (Å²) in [6, 6.07) is 67.3. The molecule has 0 saturated heterocycles. The van der Waals surface area contributed by atoms with E-state index in [2.05, 4.69) is 208 Å². The van der Waals surface area contributed by atoms with Gasteiger partial charge in [0.25, 0.3) is 0 Å². The number of aryl methyl sites for hydroxylation is 1. The quantitative estimate of drug-likeness (QED) is 0.164. The first kappa shape index (κ1) is 31.3. The molecule has 1 heteroatoms. The number of hydrogen-bond donors (Lipinski definition) is 0. The monoisotopic (exact) mass is 677 g/mol. The van der Waals surface area contributed by atoms with Gasteiger partial charge in [-0.15, -0.1) is 0 Å². The van der Waals surface area contributed by atoms with Crippen LogP contribution in [-0.4, -0.2) is 0 Å². The fourth-order valence-corrected chi connectivity index (χ4v) is 8.85. The third-order valence-corrected chi connectivity index (χ3v) is 11.6. The highest BCUT2D eigenvalue weighted by Gasteiger charge is 2.36. The van der Waals surface area contributed by atoms with E-state index in [-0.39, 0.29) is 5.41 Å². The van der Waals surface area contributed by atoms with Crippen LogP contribution in [0.5, 0.6) is 0 Å². The Balaban J connectivity index is 1.19. The highest BCUT2D eigenvalue weighted by Crippen LogP contribution is 2.51. The molecule has 1 aliphatic rings. The molecule has 0 bridgehead atoms. The molecule has 0 spiro atoms. The highest BCUT2D eigenvalue weighted by atomic mass is 15.1. The third kappa shape index (κ3) is 4.99. The molecule has 0 N–H and O–H groups in total. The zero-order chi connectivity index (χ0) is 35.7. The largest absolute Gasteiger partial charge is 0.310 e. The van der Waals surface area contributed by atoms with E-state index in [1.165, 1.54) is 88.1 Å². The molecule has 1 aliphatic carbocycles. The molecule has 10 rings (SSSR count). The van der Waals surface area contributed by atoms with Crippen LogP contribution in [0.1, 0.15) is 30.5 Å². The zero-order valence-electron chi connectivity index (χ0n) is 30.3. The van der Waals surface area contributed by atoms with Crippen LogP contribution in [0.2, 0.25) is 0 Å². The Morgan fingerprint density at radius 1 is 0.377 bits per heavy atom. The van der Waals surface area contributed by atoms with Gasteiger partial charge >= 0.3 is 0 Å². The number of hydrogen-bond acceptors (Lipinski definition) is 1. The molecule has 0 heterocycles. The summed E-state index contributed by atoms with van der Waals surface area (Å²) in [5.74, 6) is 0. The Hall–Kier alpha value is -6.44. The average Bonchev–Trinajstić information content (AvgIpc) is 3.43. The van der Waals surface area contributed by atoms with Crippen molar-refractivity contribution < 1.29 is 0 Å². The Kier molecular flexibility index (Phi) is 7.13. The predicted octanol–water partition coefficient (Wildman–Crippen LogP) is 14.6. The molecule has 1 nitrogen and oxygen atoms in total. The molecule has 0 fully saturated rings. The van der Waals surface area contributed by atoms with Gasteiger partial charge in [0.1, 0.15) is 0 Å². The maximum atomic E-state index is 2.47. The van der Waals surface area contributed by atoms with Gasteiger partial charge in [-0.1, -0.05) is 153 Å². The van der Waals surface area contributed by atoms with Crippen LogP contribution in [0, 0.1) is 6.92 Å². The average molecular weight is 678 g/mol. The fraction of sp³-hybridized carbons (Fsp3) is 0.0769. The van der Waals surface area contributed by atoms with Gasteiger partial charge in [0.15, 0.2) is 0 Å². The summed E-state index contributed by atoms with van der Waals surface area (Å²) in [6.07, 6.45) is 0. The molecule has 53 heavy (non-hydrogen) atoms. The van der Waals surface area contributed by atoms with E-state index in [9.17, 15) is 0 Å². The van der Waals surface area contributed by atoms with Crippen molar-refractivity contribution in [3.8, 4) is 33.4 Å². The van der Waals surface area contributed by atoms with E-state index in [0.717, 1.165) is 11.4 Å². The minimum absolute atomic E-state index is 0.106. The second-order valence-electron chi connectivity index (χ2n) is 15.0. The van der Waals surface area contributed by atoms with E-state index in [1.807, 2.05) is 0 Å². The number of benzene rings is 9. The minimum atomic E-state index is -0.106. The van der Waals surface area contributed by atoms with Crippen molar-refractivity contribution in [2.45, 2.75) is 26.2 Å². The summed E-state index contributed by atoms with van der Waals surface area (Å²) in [4.78, 5) is 2.47. The van der Waals surface area contributed by atoms with Crippen LogP contribution in [0.25, 0.3) is 65.7 Å². The van der Waals surface area contributed by atoms with Crippen LogP contribution in [-0.2, 0) is 5.41 Å². The van der Waals surface area contributed by atoms with Crippen molar-refractivity contribution in [3.63, 3.8) is 0 Å². The summed E-state index contributed by atoms with van der Waals surface area (Å²) >= 11 is 0. The molecule has 0 atom stereocenters. The summed E-state index contributed by atoms with van der Waals surface area (Å²) in [5.41, 5.74) is 15.0. The van der Waals surface area contributed by atoms with Gasteiger partial charge in [-0.3, -0.25) is 0 Å². The standard InChI is InChI=1S/C52H39N/c1-34-14-4-8-18-41(34)48-31-37-16-6-5-15-36(37)30-47(48)35-24-26-39(27-25-35)53(51-32-38-17-7-9-19-42(38)43-20-10-11-22-46(43)51)40-28-29-45-44-21-12-13-23-49(44)52(2,3)50(45)33-40/h4-33H,1-3H3. The number of rotatable bonds is 5. The van der Waals surface area contributed by atoms with Crippen LogP contribution in [0.15, 0.2) is 182 Å². The molecule has 0 aliphatic heterocycles. The summed E-state index contributed by atoms with van der Waals surface area (Å²) < 4.78 is 0. The van der Waals surface area contributed by atoms with Gasteiger partial charge in [0.2, 0.25) is 0 Å². The fourth-order valence-electron chi connectivity index (χ4n) is 8.85. The van der Waals surface area contributed by atoms with Crippen molar-refractivity contribution in [2.24, 2.45) is 0 Å². The van der Waals surface area contributed by atoms with Crippen LogP contribution >= 0.6 is 0 Å². The van der Waals surface area contributed by atoms with Gasteiger partial charge in [0, 0.05) is 22.2 Å². The molecule has 0 unspecified atom stereocenters. The lowest BCUT2D eigenvalue weighted by molar-refractivity contribution is 0.660. The molecule has 252 valence electrons. The first-order valence-electron chi connectivity index (χ1n) is 18.6. The molecule has 0 radical (unpaired) electrons. The Labute approximate surface area is 311 Å². The van der Waals surface area contributed by atoms with E-state index in [1.54, 1.807) is 0 Å². The Bertz CT molecular complexity index is 2880. The lowest BCUT2D eigenvalue weighted by Crippen LogP contribution is -2.16. The van der Waals surface area contributed by atoms with Gasteiger partial charge < -0.3 is 4.90 Å². The van der Waals surface area contributed by atoms with Crippen molar-refractivity contribution in [1.29, 1.82) is 0 Å². The predicted molar refractivity (Wildman–Crippen MR) is 227 cm³/mol. The van der Waals surface area contributed by atoms with Gasteiger partial charge in [-0.05, 0) is 126 Å². The zero-order valence-corrected chi connectivity index (χ0v) is 30.3. The van der Waals surface area contributed by atoms with Crippen molar-refractivity contribution in [1.82, 2.24) is 0 Å². The summed E-state index contributed by atoms with van der Waals surface area (Å²) in [5, 5.41) is 7.49. The molecule has 9 aromatic rings. The molecular weight excluding hydrogens is 639 g/mol. The van der Waals surface area contributed by atoms with Crippen molar-refractivity contribution in [2.75, 3.05) is 4.90 Å². The Morgan fingerprint density at radius 2 is 0.943 bits per heavy atom. The van der Waals surface area contributed by atoms with Crippen LogP contribution < -0.4 is 4.90 Å². The second-order valence-corrected chi connectivity index (χ2v) is 15.0. The minimum Gasteiger partial charge on any atom is -0.310 e. The van der Waals surface area contributed by atoms with E-state index < -0.39 is 0 Å². The highest BCUT2D eigenvalue weighted by molar-refractivity contribution is 6.14.